The van der Waals surface area contributed by atoms with Crippen molar-refractivity contribution in [3.05, 3.63) is 0 Å². The molecule has 118 valence electrons. The minimum absolute atomic E-state index is 0.420. The average molecular weight is 296 g/mol. The summed E-state index contributed by atoms with van der Waals surface area (Å²) in [6.07, 6.45) is -8.87. The normalized spacial score (nSPS) is 48.9. The lowest BCUT2D eigenvalue weighted by atomic mass is 10.1. The fourth-order valence-electron chi connectivity index (χ4n) is 2.35. The molecule has 0 aromatic heterocycles. The Morgan fingerprint density at radius 1 is 0.850 bits per heavy atom. The lowest BCUT2D eigenvalue weighted by Crippen LogP contribution is -2.43. The summed E-state index contributed by atoms with van der Waals surface area (Å²) >= 11 is 0. The number of methoxy groups -OCH3 is 1. The molecule has 9 heteroatoms. The highest BCUT2D eigenvalue weighted by atomic mass is 16.8. The van der Waals surface area contributed by atoms with E-state index in [1.54, 1.807) is 0 Å². The maximum Gasteiger partial charge on any atom is 0.187 e. The Labute approximate surface area is 115 Å². The first-order valence-corrected chi connectivity index (χ1v) is 6.28. The molecule has 0 saturated carbocycles. The molecule has 2 aliphatic rings. The van der Waals surface area contributed by atoms with Gasteiger partial charge in [0.25, 0.3) is 0 Å². The fraction of sp³-hybridized carbons (Fsp3) is 1.00. The van der Waals surface area contributed by atoms with Gasteiger partial charge in [0.05, 0.1) is 13.2 Å². The van der Waals surface area contributed by atoms with Crippen molar-refractivity contribution in [3.63, 3.8) is 0 Å². The Morgan fingerprint density at radius 3 is 1.95 bits per heavy atom. The number of ether oxygens (including phenoxy) is 4. The van der Waals surface area contributed by atoms with E-state index in [0.29, 0.717) is 0 Å². The third kappa shape index (κ3) is 2.82. The van der Waals surface area contributed by atoms with E-state index in [9.17, 15) is 20.4 Å². The Morgan fingerprint density at radius 2 is 1.45 bits per heavy atom. The summed E-state index contributed by atoms with van der Waals surface area (Å²) in [5, 5.41) is 47.5. The van der Waals surface area contributed by atoms with Gasteiger partial charge in [-0.25, -0.2) is 0 Å². The van der Waals surface area contributed by atoms with Gasteiger partial charge in [0, 0.05) is 7.11 Å². The topological polar surface area (TPSA) is 138 Å². The highest BCUT2D eigenvalue weighted by molar-refractivity contribution is 4.92. The molecular formula is C11H20O9. The van der Waals surface area contributed by atoms with Gasteiger partial charge < -0.3 is 44.5 Å². The van der Waals surface area contributed by atoms with Gasteiger partial charge in [-0.15, -0.1) is 0 Å². The van der Waals surface area contributed by atoms with Crippen LogP contribution >= 0.6 is 0 Å². The molecule has 0 aromatic rings. The Hall–Kier alpha value is -0.360. The maximum absolute atomic E-state index is 9.95. The van der Waals surface area contributed by atoms with Crippen molar-refractivity contribution in [3.8, 4) is 0 Å². The minimum atomic E-state index is -1.37. The van der Waals surface area contributed by atoms with Crippen LogP contribution in [0.4, 0.5) is 0 Å². The quantitative estimate of drug-likeness (QED) is 0.350. The molecule has 2 heterocycles. The van der Waals surface area contributed by atoms with E-state index in [4.69, 9.17) is 24.1 Å². The molecule has 2 rings (SSSR count). The van der Waals surface area contributed by atoms with Crippen molar-refractivity contribution in [2.24, 2.45) is 0 Å². The summed E-state index contributed by atoms with van der Waals surface area (Å²) in [5.41, 5.74) is 0. The standard InChI is InChI=1S/C11H20O9/c1-17-10-8(16)9(5(3-13)19-10)20-11-7(15)6(14)4(2-12)18-11/h4-16H,2-3H2,1H3/t4-,5-,6-,7+,8+,9-,10+,11-/m1/s1. The van der Waals surface area contributed by atoms with Gasteiger partial charge in [0.1, 0.15) is 36.6 Å². The molecule has 0 unspecified atom stereocenters. The predicted molar refractivity (Wildman–Crippen MR) is 61.4 cm³/mol. The van der Waals surface area contributed by atoms with Gasteiger partial charge in [0.2, 0.25) is 0 Å². The maximum atomic E-state index is 9.95. The summed E-state index contributed by atoms with van der Waals surface area (Å²) in [7, 11) is 1.33. The smallest absolute Gasteiger partial charge is 0.187 e. The van der Waals surface area contributed by atoms with Crippen LogP contribution in [0.3, 0.4) is 0 Å². The van der Waals surface area contributed by atoms with Crippen molar-refractivity contribution < 1.29 is 44.5 Å². The average Bonchev–Trinajstić information content (AvgIpc) is 2.91. The van der Waals surface area contributed by atoms with Crippen LogP contribution in [0.25, 0.3) is 0 Å². The van der Waals surface area contributed by atoms with Crippen molar-refractivity contribution in [2.75, 3.05) is 20.3 Å². The second-order valence-electron chi connectivity index (χ2n) is 4.76. The lowest BCUT2D eigenvalue weighted by Gasteiger charge is -2.24. The predicted octanol–water partition coefficient (Wildman–Crippen LogP) is -3.46. The van der Waals surface area contributed by atoms with Gasteiger partial charge in [0.15, 0.2) is 12.6 Å². The fourth-order valence-corrected chi connectivity index (χ4v) is 2.35. The van der Waals surface area contributed by atoms with Crippen LogP contribution in [-0.4, -0.2) is 95.1 Å². The zero-order valence-electron chi connectivity index (χ0n) is 10.9. The zero-order valence-corrected chi connectivity index (χ0v) is 10.9. The molecule has 2 fully saturated rings. The summed E-state index contributed by atoms with van der Waals surface area (Å²) < 4.78 is 20.6. The van der Waals surface area contributed by atoms with Crippen LogP contribution in [0, 0.1) is 0 Å². The van der Waals surface area contributed by atoms with Gasteiger partial charge in [-0.3, -0.25) is 0 Å². The van der Waals surface area contributed by atoms with E-state index in [0.717, 1.165) is 0 Å². The molecule has 2 saturated heterocycles. The van der Waals surface area contributed by atoms with E-state index >= 15 is 0 Å². The van der Waals surface area contributed by atoms with Crippen molar-refractivity contribution in [2.45, 2.75) is 49.2 Å². The third-order valence-corrected chi connectivity index (χ3v) is 3.49. The lowest BCUT2D eigenvalue weighted by molar-refractivity contribution is -0.215. The number of rotatable bonds is 5. The molecule has 8 atom stereocenters. The van der Waals surface area contributed by atoms with Crippen molar-refractivity contribution in [1.29, 1.82) is 0 Å². The van der Waals surface area contributed by atoms with Gasteiger partial charge in [-0.05, 0) is 0 Å². The second-order valence-corrected chi connectivity index (χ2v) is 4.76. The highest BCUT2D eigenvalue weighted by Gasteiger charge is 2.50. The molecule has 9 nitrogen and oxygen atoms in total. The van der Waals surface area contributed by atoms with Crippen LogP contribution in [0.2, 0.25) is 0 Å². The van der Waals surface area contributed by atoms with Crippen molar-refractivity contribution >= 4 is 0 Å². The molecule has 0 bridgehead atoms. The summed E-state index contributed by atoms with van der Waals surface area (Å²) in [6.45, 7) is -0.900. The van der Waals surface area contributed by atoms with Gasteiger partial charge in [-0.2, -0.15) is 0 Å². The van der Waals surface area contributed by atoms with Crippen molar-refractivity contribution in [1.82, 2.24) is 0 Å². The molecule has 20 heavy (non-hydrogen) atoms. The summed E-state index contributed by atoms with van der Waals surface area (Å²) in [5.74, 6) is 0. The Balaban J connectivity index is 2.01. The SMILES string of the molecule is CO[C@H]1O[C@H](CO)[C@@H](O[C@H]2O[C@H](CO)[C@@H](O)[C@@H]2O)[C@@H]1O. The van der Waals surface area contributed by atoms with E-state index in [-0.39, 0.29) is 0 Å². The molecule has 5 N–H and O–H groups in total. The number of hydrogen-bond donors (Lipinski definition) is 5. The second kappa shape index (κ2) is 6.60. The monoisotopic (exact) mass is 296 g/mol. The summed E-state index contributed by atoms with van der Waals surface area (Å²) in [4.78, 5) is 0. The largest absolute Gasteiger partial charge is 0.394 e. The molecule has 2 aliphatic heterocycles. The number of aliphatic hydroxyl groups excluding tert-OH is 5. The first-order chi connectivity index (χ1) is 9.53. The molecule has 0 spiro atoms. The van der Waals surface area contributed by atoms with E-state index in [2.05, 4.69) is 0 Å². The molecule has 0 aliphatic carbocycles. The van der Waals surface area contributed by atoms with Crippen LogP contribution < -0.4 is 0 Å². The Kier molecular flexibility index (Phi) is 5.29. The molecular weight excluding hydrogens is 276 g/mol. The zero-order chi connectivity index (χ0) is 14.9. The van der Waals surface area contributed by atoms with Crippen LogP contribution in [0.1, 0.15) is 0 Å². The van der Waals surface area contributed by atoms with Gasteiger partial charge in [-0.1, -0.05) is 0 Å². The van der Waals surface area contributed by atoms with Crippen LogP contribution in [0.15, 0.2) is 0 Å². The number of hydrogen-bond acceptors (Lipinski definition) is 9. The van der Waals surface area contributed by atoms with E-state index in [1.165, 1.54) is 7.11 Å². The highest BCUT2D eigenvalue weighted by Crippen LogP contribution is 2.29. The molecule has 0 amide bonds. The van der Waals surface area contributed by atoms with E-state index in [1.807, 2.05) is 0 Å². The Bertz CT molecular complexity index is 312. The molecule has 0 radical (unpaired) electrons. The minimum Gasteiger partial charge on any atom is -0.394 e. The van der Waals surface area contributed by atoms with Crippen LogP contribution in [0.5, 0.6) is 0 Å². The third-order valence-electron chi connectivity index (χ3n) is 3.49. The molecule has 0 aromatic carbocycles. The summed E-state index contributed by atoms with van der Waals surface area (Å²) in [6, 6.07) is 0. The first kappa shape index (κ1) is 16.0. The van der Waals surface area contributed by atoms with E-state index < -0.39 is 62.4 Å². The first-order valence-electron chi connectivity index (χ1n) is 6.28. The van der Waals surface area contributed by atoms with Crippen LogP contribution in [-0.2, 0) is 18.9 Å². The number of aliphatic hydroxyl groups is 5. The van der Waals surface area contributed by atoms with Gasteiger partial charge >= 0.3 is 0 Å².